The van der Waals surface area contributed by atoms with Crippen molar-refractivity contribution >= 4 is 27.0 Å². The molecule has 0 aliphatic carbocycles. The van der Waals surface area contributed by atoms with Crippen molar-refractivity contribution in [3.8, 4) is 0 Å². The molecular weight excluding hydrogens is 282 g/mol. The first kappa shape index (κ1) is 14.7. The molecule has 6 heteroatoms. The Balaban J connectivity index is 2.06. The van der Waals surface area contributed by atoms with Crippen molar-refractivity contribution in [2.45, 2.75) is 26.8 Å². The molecule has 0 saturated carbocycles. The van der Waals surface area contributed by atoms with E-state index in [-0.39, 0.29) is 23.3 Å². The molecule has 1 saturated heterocycles. The number of thiophene rings is 1. The SMILES string of the molecule is Cc1cc(C(=O)CN2CCS(=O)(=O)CC2C)c(C)s1. The van der Waals surface area contributed by atoms with Crippen molar-refractivity contribution in [2.75, 3.05) is 24.6 Å². The van der Waals surface area contributed by atoms with Gasteiger partial charge < -0.3 is 0 Å². The minimum Gasteiger partial charge on any atom is -0.293 e. The van der Waals surface area contributed by atoms with Gasteiger partial charge in [-0.2, -0.15) is 0 Å². The molecule has 0 N–H and O–H groups in total. The Morgan fingerprint density at radius 2 is 2.16 bits per heavy atom. The summed E-state index contributed by atoms with van der Waals surface area (Å²) >= 11 is 1.62. The largest absolute Gasteiger partial charge is 0.293 e. The Hall–Kier alpha value is -0.720. The van der Waals surface area contributed by atoms with Crippen molar-refractivity contribution < 1.29 is 13.2 Å². The Morgan fingerprint density at radius 3 is 2.68 bits per heavy atom. The first-order valence-electron chi connectivity index (χ1n) is 6.33. The Kier molecular flexibility index (Phi) is 4.13. The van der Waals surface area contributed by atoms with Crippen LogP contribution in [0.15, 0.2) is 6.07 Å². The highest BCUT2D eigenvalue weighted by molar-refractivity contribution is 7.91. The molecule has 1 aromatic rings. The zero-order valence-electron chi connectivity index (χ0n) is 11.5. The fourth-order valence-corrected chi connectivity index (χ4v) is 5.01. The number of rotatable bonds is 3. The van der Waals surface area contributed by atoms with Crippen LogP contribution in [0.5, 0.6) is 0 Å². The van der Waals surface area contributed by atoms with E-state index in [1.807, 2.05) is 31.7 Å². The van der Waals surface area contributed by atoms with Crippen LogP contribution in [0.25, 0.3) is 0 Å². The molecule has 2 rings (SSSR count). The van der Waals surface area contributed by atoms with Crippen LogP contribution < -0.4 is 0 Å². The van der Waals surface area contributed by atoms with Crippen LogP contribution in [0.3, 0.4) is 0 Å². The van der Waals surface area contributed by atoms with E-state index < -0.39 is 9.84 Å². The maximum atomic E-state index is 12.3. The molecule has 2 heterocycles. The molecule has 0 amide bonds. The van der Waals surface area contributed by atoms with Gasteiger partial charge in [-0.25, -0.2) is 8.42 Å². The van der Waals surface area contributed by atoms with Gasteiger partial charge in [0.15, 0.2) is 15.6 Å². The minimum atomic E-state index is -2.92. The third-order valence-corrected chi connectivity index (χ3v) is 6.26. The number of hydrogen-bond acceptors (Lipinski definition) is 5. The molecule has 1 atom stereocenters. The molecule has 19 heavy (non-hydrogen) atoms. The van der Waals surface area contributed by atoms with Gasteiger partial charge in [-0.05, 0) is 26.8 Å². The van der Waals surface area contributed by atoms with Crippen LogP contribution in [0.1, 0.15) is 27.0 Å². The third kappa shape index (κ3) is 3.43. The molecule has 4 nitrogen and oxygen atoms in total. The summed E-state index contributed by atoms with van der Waals surface area (Å²) in [4.78, 5) is 16.4. The molecular formula is C13H19NO3S2. The molecule has 0 spiro atoms. The van der Waals surface area contributed by atoms with Gasteiger partial charge in [-0.1, -0.05) is 0 Å². The van der Waals surface area contributed by atoms with Gasteiger partial charge in [0.1, 0.15) is 0 Å². The number of aryl methyl sites for hydroxylation is 2. The van der Waals surface area contributed by atoms with Crippen LogP contribution in [0.2, 0.25) is 0 Å². The number of carbonyl (C=O) groups is 1. The molecule has 1 aromatic heterocycles. The van der Waals surface area contributed by atoms with Crippen LogP contribution >= 0.6 is 11.3 Å². The van der Waals surface area contributed by atoms with E-state index in [1.165, 1.54) is 0 Å². The summed E-state index contributed by atoms with van der Waals surface area (Å²) in [6.45, 7) is 6.58. The van der Waals surface area contributed by atoms with Crippen molar-refractivity contribution in [1.29, 1.82) is 0 Å². The van der Waals surface area contributed by atoms with Gasteiger partial charge in [-0.15, -0.1) is 11.3 Å². The van der Waals surface area contributed by atoms with E-state index in [2.05, 4.69) is 0 Å². The first-order chi connectivity index (χ1) is 8.78. The molecule has 1 unspecified atom stereocenters. The predicted octanol–water partition coefficient (Wildman–Crippen LogP) is 1.67. The van der Waals surface area contributed by atoms with E-state index in [0.717, 1.165) is 15.3 Å². The number of nitrogens with zero attached hydrogens (tertiary/aromatic N) is 1. The zero-order chi connectivity index (χ0) is 14.2. The maximum absolute atomic E-state index is 12.3. The lowest BCUT2D eigenvalue weighted by molar-refractivity contribution is 0.0908. The van der Waals surface area contributed by atoms with E-state index >= 15 is 0 Å². The van der Waals surface area contributed by atoms with E-state index in [4.69, 9.17) is 0 Å². The van der Waals surface area contributed by atoms with Crippen molar-refractivity contribution in [1.82, 2.24) is 4.90 Å². The molecule has 106 valence electrons. The Morgan fingerprint density at radius 1 is 1.47 bits per heavy atom. The van der Waals surface area contributed by atoms with E-state index in [0.29, 0.717) is 13.1 Å². The van der Waals surface area contributed by atoms with Crippen LogP contribution in [-0.4, -0.2) is 49.7 Å². The maximum Gasteiger partial charge on any atom is 0.177 e. The first-order valence-corrected chi connectivity index (χ1v) is 8.97. The summed E-state index contributed by atoms with van der Waals surface area (Å²) in [6.07, 6.45) is 0. The Bertz CT molecular complexity index is 589. The number of sulfone groups is 1. The lowest BCUT2D eigenvalue weighted by Crippen LogP contribution is -2.48. The lowest BCUT2D eigenvalue weighted by Gasteiger charge is -2.32. The van der Waals surface area contributed by atoms with Crippen LogP contribution in [-0.2, 0) is 9.84 Å². The second kappa shape index (κ2) is 5.34. The molecule has 1 aliphatic heterocycles. The summed E-state index contributed by atoms with van der Waals surface area (Å²) in [5, 5.41) is 0. The van der Waals surface area contributed by atoms with Crippen molar-refractivity contribution in [3.05, 3.63) is 21.4 Å². The second-order valence-electron chi connectivity index (χ2n) is 5.18. The van der Waals surface area contributed by atoms with Crippen LogP contribution in [0.4, 0.5) is 0 Å². The van der Waals surface area contributed by atoms with Gasteiger partial charge in [-0.3, -0.25) is 9.69 Å². The number of hydrogen-bond donors (Lipinski definition) is 0. The van der Waals surface area contributed by atoms with Gasteiger partial charge in [0.2, 0.25) is 0 Å². The smallest absolute Gasteiger partial charge is 0.177 e. The van der Waals surface area contributed by atoms with E-state index in [1.54, 1.807) is 11.3 Å². The average molecular weight is 301 g/mol. The van der Waals surface area contributed by atoms with E-state index in [9.17, 15) is 13.2 Å². The van der Waals surface area contributed by atoms with Gasteiger partial charge >= 0.3 is 0 Å². The average Bonchev–Trinajstić information content (AvgIpc) is 2.61. The van der Waals surface area contributed by atoms with Crippen molar-refractivity contribution in [2.24, 2.45) is 0 Å². The summed E-state index contributed by atoms with van der Waals surface area (Å²) in [5.41, 5.74) is 0.781. The Labute approximate surface area is 118 Å². The molecule has 0 radical (unpaired) electrons. The van der Waals surface area contributed by atoms with Gasteiger partial charge in [0, 0.05) is 27.9 Å². The third-order valence-electron chi connectivity index (χ3n) is 3.50. The monoisotopic (exact) mass is 301 g/mol. The second-order valence-corrected chi connectivity index (χ2v) is 8.87. The number of Topliss-reactive ketones (excluding diaryl/α,β-unsaturated/α-hetero) is 1. The topological polar surface area (TPSA) is 54.5 Å². The van der Waals surface area contributed by atoms with Gasteiger partial charge in [0.05, 0.1) is 18.1 Å². The summed E-state index contributed by atoms with van der Waals surface area (Å²) < 4.78 is 23.0. The predicted molar refractivity (Wildman–Crippen MR) is 77.8 cm³/mol. The highest BCUT2D eigenvalue weighted by atomic mass is 32.2. The fourth-order valence-electron chi connectivity index (χ4n) is 2.45. The quantitative estimate of drug-likeness (QED) is 0.797. The molecule has 0 bridgehead atoms. The molecule has 1 fully saturated rings. The summed E-state index contributed by atoms with van der Waals surface area (Å²) in [5.74, 6) is 0.404. The number of carbonyl (C=O) groups excluding carboxylic acids is 1. The summed E-state index contributed by atoms with van der Waals surface area (Å²) in [7, 11) is -2.92. The zero-order valence-corrected chi connectivity index (χ0v) is 13.1. The standard InChI is InChI=1S/C13H19NO3S2/c1-9-8-19(16,17)5-4-14(9)7-13(15)12-6-10(2)18-11(12)3/h6,9H,4-5,7-8H2,1-3H3. The van der Waals surface area contributed by atoms with Crippen LogP contribution in [0, 0.1) is 13.8 Å². The number of ketones is 1. The normalized spacial score (nSPS) is 23.4. The van der Waals surface area contributed by atoms with Crippen molar-refractivity contribution in [3.63, 3.8) is 0 Å². The highest BCUT2D eigenvalue weighted by Gasteiger charge is 2.29. The van der Waals surface area contributed by atoms with Gasteiger partial charge in [0.25, 0.3) is 0 Å². The minimum absolute atomic E-state index is 0.0808. The summed E-state index contributed by atoms with van der Waals surface area (Å²) in [6, 6.07) is 1.84. The molecule has 1 aliphatic rings. The molecule has 0 aromatic carbocycles. The lowest BCUT2D eigenvalue weighted by atomic mass is 10.1. The fraction of sp³-hybridized carbons (Fsp3) is 0.615. The highest BCUT2D eigenvalue weighted by Crippen LogP contribution is 2.22.